The molecule has 0 amide bonds. The summed E-state index contributed by atoms with van der Waals surface area (Å²) in [4.78, 5) is 2.43. The van der Waals surface area contributed by atoms with E-state index in [9.17, 15) is 5.11 Å². The fourth-order valence-corrected chi connectivity index (χ4v) is 2.18. The van der Waals surface area contributed by atoms with Gasteiger partial charge in [0, 0.05) is 19.6 Å². The first kappa shape index (κ1) is 12.3. The normalized spacial score (nSPS) is 18.9. The van der Waals surface area contributed by atoms with Crippen molar-refractivity contribution in [3.05, 3.63) is 42.0 Å². The maximum atomic E-state index is 9.41. The zero-order chi connectivity index (χ0) is 11.9. The molecule has 0 bridgehead atoms. The number of hydrogen-bond acceptors (Lipinski definition) is 2. The lowest BCUT2D eigenvalue weighted by molar-refractivity contribution is 0.0835. The van der Waals surface area contributed by atoms with Gasteiger partial charge in [-0.3, -0.25) is 0 Å². The zero-order valence-corrected chi connectivity index (χ0v) is 10.3. The lowest BCUT2D eigenvalue weighted by Gasteiger charge is -2.28. The Balaban J connectivity index is 1.68. The van der Waals surface area contributed by atoms with Crippen LogP contribution in [-0.2, 0) is 0 Å². The Kier molecular flexibility index (Phi) is 4.77. The summed E-state index contributed by atoms with van der Waals surface area (Å²) in [6, 6.07) is 10.4. The second-order valence-corrected chi connectivity index (χ2v) is 4.67. The van der Waals surface area contributed by atoms with E-state index in [2.05, 4.69) is 41.3 Å². The van der Waals surface area contributed by atoms with Gasteiger partial charge in [0.25, 0.3) is 0 Å². The Morgan fingerprint density at radius 1 is 1.18 bits per heavy atom. The molecule has 1 N–H and O–H groups in total. The van der Waals surface area contributed by atoms with Crippen molar-refractivity contribution in [3.63, 3.8) is 0 Å². The molecule has 0 aliphatic carbocycles. The minimum Gasteiger partial charge on any atom is -0.393 e. The van der Waals surface area contributed by atoms with Gasteiger partial charge in [0.15, 0.2) is 0 Å². The van der Waals surface area contributed by atoms with Crippen molar-refractivity contribution in [2.24, 2.45) is 0 Å². The third-order valence-electron chi connectivity index (χ3n) is 3.28. The van der Waals surface area contributed by atoms with Crippen LogP contribution >= 0.6 is 0 Å². The Hall–Kier alpha value is -1.12. The van der Waals surface area contributed by atoms with Crippen LogP contribution in [0.25, 0.3) is 6.08 Å². The standard InChI is InChI=1S/C15H21NO/c17-15-9-12-16(13-10-15)11-5-4-8-14-6-2-1-3-7-14/h1-4,6-8,15,17H,5,9-13H2/b8-4+. The molecule has 0 radical (unpaired) electrons. The molecule has 2 nitrogen and oxygen atoms in total. The minimum absolute atomic E-state index is 0.0638. The van der Waals surface area contributed by atoms with Crippen molar-refractivity contribution in [1.82, 2.24) is 4.90 Å². The van der Waals surface area contributed by atoms with Gasteiger partial charge in [0.05, 0.1) is 6.10 Å². The number of aliphatic hydroxyl groups is 1. The van der Waals surface area contributed by atoms with Crippen LogP contribution in [0.3, 0.4) is 0 Å². The van der Waals surface area contributed by atoms with E-state index in [1.54, 1.807) is 0 Å². The van der Waals surface area contributed by atoms with Crippen LogP contribution in [0, 0.1) is 0 Å². The molecule has 1 heterocycles. The van der Waals surface area contributed by atoms with Crippen LogP contribution < -0.4 is 0 Å². The Morgan fingerprint density at radius 3 is 2.59 bits per heavy atom. The van der Waals surface area contributed by atoms with E-state index in [0.717, 1.165) is 38.9 Å². The molecular formula is C15H21NO. The molecule has 2 rings (SSSR count). The van der Waals surface area contributed by atoms with Crippen molar-refractivity contribution in [3.8, 4) is 0 Å². The number of likely N-dealkylation sites (tertiary alicyclic amines) is 1. The molecule has 1 fully saturated rings. The predicted octanol–water partition coefficient (Wildman–Crippen LogP) is 2.55. The zero-order valence-electron chi connectivity index (χ0n) is 10.3. The van der Waals surface area contributed by atoms with E-state index >= 15 is 0 Å². The van der Waals surface area contributed by atoms with E-state index in [1.165, 1.54) is 5.56 Å². The maximum Gasteiger partial charge on any atom is 0.0564 e. The molecule has 0 saturated carbocycles. The average Bonchev–Trinajstić information content (AvgIpc) is 2.38. The van der Waals surface area contributed by atoms with Gasteiger partial charge in [-0.15, -0.1) is 0 Å². The van der Waals surface area contributed by atoms with Crippen LogP contribution in [0.5, 0.6) is 0 Å². The minimum atomic E-state index is -0.0638. The molecule has 1 saturated heterocycles. The third kappa shape index (κ3) is 4.33. The number of rotatable bonds is 4. The van der Waals surface area contributed by atoms with Gasteiger partial charge in [-0.1, -0.05) is 42.5 Å². The topological polar surface area (TPSA) is 23.5 Å². The van der Waals surface area contributed by atoms with Gasteiger partial charge in [-0.05, 0) is 24.8 Å². The van der Waals surface area contributed by atoms with Crippen molar-refractivity contribution in [2.75, 3.05) is 19.6 Å². The smallest absolute Gasteiger partial charge is 0.0564 e. The van der Waals surface area contributed by atoms with Crippen molar-refractivity contribution in [2.45, 2.75) is 25.4 Å². The molecule has 1 aromatic rings. The van der Waals surface area contributed by atoms with E-state index in [0.29, 0.717) is 0 Å². The first-order valence-electron chi connectivity index (χ1n) is 6.46. The van der Waals surface area contributed by atoms with E-state index < -0.39 is 0 Å². The summed E-state index contributed by atoms with van der Waals surface area (Å²) < 4.78 is 0. The second kappa shape index (κ2) is 6.58. The fraction of sp³-hybridized carbons (Fsp3) is 0.467. The number of aliphatic hydroxyl groups excluding tert-OH is 1. The van der Waals surface area contributed by atoms with E-state index in [1.807, 2.05) is 6.07 Å². The first-order chi connectivity index (χ1) is 8.34. The van der Waals surface area contributed by atoms with E-state index in [4.69, 9.17) is 0 Å². The van der Waals surface area contributed by atoms with Crippen molar-refractivity contribution < 1.29 is 5.11 Å². The van der Waals surface area contributed by atoms with Crippen molar-refractivity contribution >= 4 is 6.08 Å². The van der Waals surface area contributed by atoms with E-state index in [-0.39, 0.29) is 6.10 Å². The largest absolute Gasteiger partial charge is 0.393 e. The molecule has 0 atom stereocenters. The molecule has 0 unspecified atom stereocenters. The Labute approximate surface area is 104 Å². The van der Waals surface area contributed by atoms with Gasteiger partial charge in [-0.2, -0.15) is 0 Å². The van der Waals surface area contributed by atoms with Crippen LogP contribution in [-0.4, -0.2) is 35.7 Å². The predicted molar refractivity (Wildman–Crippen MR) is 71.8 cm³/mol. The summed E-state index contributed by atoms with van der Waals surface area (Å²) in [5, 5.41) is 9.41. The molecule has 1 aliphatic heterocycles. The van der Waals surface area contributed by atoms with Crippen LogP contribution in [0.15, 0.2) is 36.4 Å². The summed E-state index contributed by atoms with van der Waals surface area (Å²) in [5.74, 6) is 0. The average molecular weight is 231 g/mol. The summed E-state index contributed by atoms with van der Waals surface area (Å²) in [7, 11) is 0. The number of hydrogen-bond donors (Lipinski definition) is 1. The second-order valence-electron chi connectivity index (χ2n) is 4.67. The van der Waals surface area contributed by atoms with Gasteiger partial charge in [-0.25, -0.2) is 0 Å². The Morgan fingerprint density at radius 2 is 1.88 bits per heavy atom. The number of nitrogens with zero attached hydrogens (tertiary/aromatic N) is 1. The SMILES string of the molecule is OC1CCN(CC/C=C/c2ccccc2)CC1. The number of benzene rings is 1. The maximum absolute atomic E-state index is 9.41. The Bertz CT molecular complexity index is 339. The van der Waals surface area contributed by atoms with Crippen LogP contribution in [0.1, 0.15) is 24.8 Å². The van der Waals surface area contributed by atoms with Gasteiger partial charge in [0.1, 0.15) is 0 Å². The molecular weight excluding hydrogens is 210 g/mol. The molecule has 1 aliphatic rings. The highest BCUT2D eigenvalue weighted by Gasteiger charge is 2.15. The van der Waals surface area contributed by atoms with Gasteiger partial charge < -0.3 is 10.0 Å². The number of piperidine rings is 1. The lowest BCUT2D eigenvalue weighted by atomic mass is 10.1. The highest BCUT2D eigenvalue weighted by molar-refractivity contribution is 5.48. The van der Waals surface area contributed by atoms with Crippen molar-refractivity contribution in [1.29, 1.82) is 0 Å². The van der Waals surface area contributed by atoms with Crippen LogP contribution in [0.4, 0.5) is 0 Å². The van der Waals surface area contributed by atoms with Crippen LogP contribution in [0.2, 0.25) is 0 Å². The molecule has 17 heavy (non-hydrogen) atoms. The summed E-state index contributed by atoms with van der Waals surface area (Å²) in [6.45, 7) is 3.19. The summed E-state index contributed by atoms with van der Waals surface area (Å²) >= 11 is 0. The monoisotopic (exact) mass is 231 g/mol. The third-order valence-corrected chi connectivity index (χ3v) is 3.28. The van der Waals surface area contributed by atoms with Gasteiger partial charge >= 0.3 is 0 Å². The molecule has 0 aromatic heterocycles. The fourth-order valence-electron chi connectivity index (χ4n) is 2.18. The molecule has 2 heteroatoms. The molecule has 0 spiro atoms. The lowest BCUT2D eigenvalue weighted by Crippen LogP contribution is -2.36. The summed E-state index contributed by atoms with van der Waals surface area (Å²) in [5.41, 5.74) is 1.27. The molecule has 92 valence electrons. The first-order valence-corrected chi connectivity index (χ1v) is 6.46. The highest BCUT2D eigenvalue weighted by Crippen LogP contribution is 2.10. The highest BCUT2D eigenvalue weighted by atomic mass is 16.3. The van der Waals surface area contributed by atoms with Gasteiger partial charge in [0.2, 0.25) is 0 Å². The molecule has 1 aromatic carbocycles. The quantitative estimate of drug-likeness (QED) is 0.861. The summed E-state index contributed by atoms with van der Waals surface area (Å²) in [6.07, 6.45) is 7.31.